The number of nitrogens with one attached hydrogen (secondary N) is 1. The fourth-order valence-electron chi connectivity index (χ4n) is 3.33. The van der Waals surface area contributed by atoms with E-state index in [9.17, 15) is 17.6 Å². The number of benzene rings is 1. The van der Waals surface area contributed by atoms with Crippen LogP contribution in [-0.2, 0) is 6.42 Å². The number of fused-ring (bicyclic) bond motifs is 2. The summed E-state index contributed by atoms with van der Waals surface area (Å²) in [5.74, 6) is -1.99. The number of hydrogen-bond donors (Lipinski definition) is 1. The monoisotopic (exact) mass is 363 g/mol. The molecule has 5 nitrogen and oxygen atoms in total. The lowest BCUT2D eigenvalue weighted by molar-refractivity contribution is -0.141. The zero-order chi connectivity index (χ0) is 18.3. The van der Waals surface area contributed by atoms with E-state index >= 15 is 0 Å². The van der Waals surface area contributed by atoms with E-state index in [2.05, 4.69) is 20.2 Å². The first-order valence-electron chi connectivity index (χ1n) is 7.87. The van der Waals surface area contributed by atoms with E-state index in [4.69, 9.17) is 0 Å². The maximum Gasteiger partial charge on any atom is 0.399 e. The van der Waals surface area contributed by atoms with E-state index < -0.39 is 17.9 Å². The van der Waals surface area contributed by atoms with Gasteiger partial charge in [0, 0.05) is 24.8 Å². The number of pyridine rings is 1. The Morgan fingerprint density at radius 3 is 2.69 bits per heavy atom. The van der Waals surface area contributed by atoms with E-state index in [-0.39, 0.29) is 11.1 Å². The summed E-state index contributed by atoms with van der Waals surface area (Å²) < 4.78 is 55.1. The standard InChI is InChI=1S/C17H13F4N5/c18-10-1-2-13-12(7-10)16(17(19,20)21)11-3-5-22-8-14(11)26(13)6-4-15-23-9-24-25-15/h1-3,5,7-9,16H,4,6H2,(H,23,24,25). The minimum Gasteiger partial charge on any atom is -0.339 e. The second-order valence-corrected chi connectivity index (χ2v) is 5.95. The van der Waals surface area contributed by atoms with Crippen molar-refractivity contribution in [3.63, 3.8) is 0 Å². The first kappa shape index (κ1) is 16.5. The molecule has 3 heterocycles. The van der Waals surface area contributed by atoms with Crippen molar-refractivity contribution in [1.29, 1.82) is 0 Å². The number of alkyl halides is 3. The maximum atomic E-state index is 13.8. The van der Waals surface area contributed by atoms with Gasteiger partial charge in [-0.25, -0.2) is 9.37 Å². The molecule has 9 heteroatoms. The lowest BCUT2D eigenvalue weighted by Gasteiger charge is -2.37. The van der Waals surface area contributed by atoms with Gasteiger partial charge in [-0.15, -0.1) is 0 Å². The van der Waals surface area contributed by atoms with Crippen LogP contribution < -0.4 is 4.90 Å². The van der Waals surface area contributed by atoms with Crippen molar-refractivity contribution in [2.45, 2.75) is 18.5 Å². The molecular weight excluding hydrogens is 350 g/mol. The van der Waals surface area contributed by atoms with Gasteiger partial charge >= 0.3 is 6.18 Å². The number of aromatic nitrogens is 4. The Morgan fingerprint density at radius 2 is 1.96 bits per heavy atom. The number of halogens is 4. The first-order valence-corrected chi connectivity index (χ1v) is 7.87. The molecule has 26 heavy (non-hydrogen) atoms. The third-order valence-corrected chi connectivity index (χ3v) is 4.39. The van der Waals surface area contributed by atoms with E-state index in [1.54, 1.807) is 4.90 Å². The van der Waals surface area contributed by atoms with Crippen molar-refractivity contribution < 1.29 is 17.6 Å². The molecule has 4 rings (SSSR count). The van der Waals surface area contributed by atoms with E-state index in [0.717, 1.165) is 12.1 Å². The molecule has 0 aliphatic carbocycles. The Kier molecular flexibility index (Phi) is 3.86. The number of rotatable bonds is 3. The smallest absolute Gasteiger partial charge is 0.339 e. The van der Waals surface area contributed by atoms with Crippen LogP contribution in [0.5, 0.6) is 0 Å². The Morgan fingerprint density at radius 1 is 1.12 bits per heavy atom. The highest BCUT2D eigenvalue weighted by Crippen LogP contribution is 2.51. The average Bonchev–Trinajstić information content (AvgIpc) is 3.10. The molecule has 134 valence electrons. The van der Waals surface area contributed by atoms with E-state index in [1.807, 2.05) is 0 Å². The van der Waals surface area contributed by atoms with Crippen LogP contribution in [0, 0.1) is 5.82 Å². The number of hydrogen-bond acceptors (Lipinski definition) is 4. The van der Waals surface area contributed by atoms with Crippen LogP contribution in [-0.4, -0.2) is 32.9 Å². The van der Waals surface area contributed by atoms with Crippen LogP contribution >= 0.6 is 0 Å². The molecule has 0 amide bonds. The van der Waals surface area contributed by atoms with Crippen molar-refractivity contribution in [3.05, 3.63) is 65.8 Å². The topological polar surface area (TPSA) is 57.7 Å². The number of aromatic amines is 1. The molecule has 3 aromatic rings. The molecule has 1 atom stereocenters. The highest BCUT2D eigenvalue weighted by atomic mass is 19.4. The summed E-state index contributed by atoms with van der Waals surface area (Å²) in [4.78, 5) is 9.72. The van der Waals surface area contributed by atoms with Gasteiger partial charge in [0.15, 0.2) is 0 Å². The van der Waals surface area contributed by atoms with E-state index in [1.165, 1.54) is 30.9 Å². The maximum absolute atomic E-state index is 13.8. The van der Waals surface area contributed by atoms with Crippen LogP contribution in [0.4, 0.5) is 28.9 Å². The van der Waals surface area contributed by atoms with Crippen LogP contribution in [0.1, 0.15) is 22.9 Å². The fraction of sp³-hybridized carbons (Fsp3) is 0.235. The molecule has 2 aromatic heterocycles. The minimum atomic E-state index is -4.55. The van der Waals surface area contributed by atoms with Crippen molar-refractivity contribution in [2.75, 3.05) is 11.4 Å². The molecule has 0 fully saturated rings. The molecule has 1 unspecified atom stereocenters. The summed E-state index contributed by atoms with van der Waals surface area (Å²) in [6.07, 6.45) is -0.0290. The summed E-state index contributed by atoms with van der Waals surface area (Å²) in [6.45, 7) is 0.344. The van der Waals surface area contributed by atoms with Gasteiger partial charge in [-0.3, -0.25) is 10.1 Å². The van der Waals surface area contributed by atoms with Gasteiger partial charge in [0.1, 0.15) is 23.9 Å². The van der Waals surface area contributed by atoms with Crippen LogP contribution in [0.3, 0.4) is 0 Å². The molecule has 0 radical (unpaired) electrons. The Bertz CT molecular complexity index is 923. The fourth-order valence-corrected chi connectivity index (χ4v) is 3.33. The van der Waals surface area contributed by atoms with Gasteiger partial charge < -0.3 is 4.90 Å². The van der Waals surface area contributed by atoms with Gasteiger partial charge in [0.2, 0.25) is 0 Å². The van der Waals surface area contributed by atoms with Crippen molar-refractivity contribution in [3.8, 4) is 0 Å². The van der Waals surface area contributed by atoms with Gasteiger partial charge in [-0.1, -0.05) is 0 Å². The molecule has 0 saturated carbocycles. The minimum absolute atomic E-state index is 0.0585. The van der Waals surface area contributed by atoms with Crippen LogP contribution in [0.25, 0.3) is 0 Å². The molecule has 0 saturated heterocycles. The van der Waals surface area contributed by atoms with Crippen molar-refractivity contribution in [1.82, 2.24) is 20.2 Å². The third-order valence-electron chi connectivity index (χ3n) is 4.39. The molecule has 0 bridgehead atoms. The second kappa shape index (κ2) is 6.08. The molecule has 1 N–H and O–H groups in total. The van der Waals surface area contributed by atoms with Crippen molar-refractivity contribution >= 4 is 11.4 Å². The predicted molar refractivity (Wildman–Crippen MR) is 85.6 cm³/mol. The second-order valence-electron chi connectivity index (χ2n) is 5.95. The lowest BCUT2D eigenvalue weighted by Crippen LogP contribution is -2.33. The van der Waals surface area contributed by atoms with Crippen molar-refractivity contribution in [2.24, 2.45) is 0 Å². The summed E-state index contributed by atoms with van der Waals surface area (Å²) in [7, 11) is 0. The van der Waals surface area contributed by atoms with Gasteiger partial charge in [-0.2, -0.15) is 18.3 Å². The zero-order valence-corrected chi connectivity index (χ0v) is 13.3. The summed E-state index contributed by atoms with van der Waals surface area (Å²) in [5, 5.41) is 6.49. The predicted octanol–water partition coefficient (Wildman–Crippen LogP) is 3.73. The third kappa shape index (κ3) is 2.79. The molecule has 1 aromatic carbocycles. The Balaban J connectivity index is 1.83. The number of nitrogens with zero attached hydrogens (tertiary/aromatic N) is 4. The van der Waals surface area contributed by atoms with Gasteiger partial charge in [-0.05, 0) is 35.4 Å². The average molecular weight is 363 g/mol. The first-order chi connectivity index (χ1) is 12.4. The molecule has 1 aliphatic rings. The molecule has 0 spiro atoms. The highest BCUT2D eigenvalue weighted by molar-refractivity contribution is 5.76. The van der Waals surface area contributed by atoms with Gasteiger partial charge in [0.05, 0.1) is 11.9 Å². The molecular formula is C17H13F4N5. The Hall–Kier alpha value is -2.97. The lowest BCUT2D eigenvalue weighted by atomic mass is 9.85. The molecule has 1 aliphatic heterocycles. The quantitative estimate of drug-likeness (QED) is 0.721. The Labute approximate surface area is 145 Å². The number of anilines is 2. The summed E-state index contributed by atoms with van der Waals surface area (Å²) in [5.41, 5.74) is 0.624. The van der Waals surface area contributed by atoms with E-state index in [0.29, 0.717) is 30.2 Å². The SMILES string of the molecule is Fc1ccc2c(c1)C(C(F)(F)F)c1ccncc1N2CCc1ncn[nH]1. The summed E-state index contributed by atoms with van der Waals surface area (Å²) in [6, 6.07) is 4.83. The van der Waals surface area contributed by atoms with Crippen LogP contribution in [0.15, 0.2) is 43.0 Å². The largest absolute Gasteiger partial charge is 0.399 e. The zero-order valence-electron chi connectivity index (χ0n) is 13.3. The summed E-state index contributed by atoms with van der Waals surface area (Å²) >= 11 is 0. The highest BCUT2D eigenvalue weighted by Gasteiger charge is 2.47. The van der Waals surface area contributed by atoms with Crippen LogP contribution in [0.2, 0.25) is 0 Å². The van der Waals surface area contributed by atoms with Gasteiger partial charge in [0.25, 0.3) is 0 Å². The number of H-pyrrole nitrogens is 1. The normalized spacial score (nSPS) is 16.3.